The predicted molar refractivity (Wildman–Crippen MR) is 78.5 cm³/mol. The van der Waals surface area contributed by atoms with Crippen LogP contribution in [0, 0.1) is 6.92 Å². The van der Waals surface area contributed by atoms with Crippen LogP contribution in [-0.4, -0.2) is 35.1 Å². The number of hydrogen-bond donors (Lipinski definition) is 1. The highest BCUT2D eigenvalue weighted by Crippen LogP contribution is 2.46. The maximum atomic E-state index is 13.0. The number of amides is 1. The Morgan fingerprint density at radius 3 is 2.80 bits per heavy atom. The van der Waals surface area contributed by atoms with Gasteiger partial charge in [-0.25, -0.2) is 0 Å². The fourth-order valence-corrected chi connectivity index (χ4v) is 3.67. The number of aliphatic hydroxyl groups is 1. The molecular weight excluding hydrogens is 250 g/mol. The van der Waals surface area contributed by atoms with E-state index in [0.717, 1.165) is 44.2 Å². The summed E-state index contributed by atoms with van der Waals surface area (Å²) in [6.45, 7) is 2.97. The van der Waals surface area contributed by atoms with Gasteiger partial charge in [0, 0.05) is 6.54 Å². The van der Waals surface area contributed by atoms with Gasteiger partial charge in [0.1, 0.15) is 0 Å². The Balaban J connectivity index is 1.91. The summed E-state index contributed by atoms with van der Waals surface area (Å²) >= 11 is 0. The first-order chi connectivity index (χ1) is 9.67. The molecule has 0 radical (unpaired) electrons. The third kappa shape index (κ3) is 2.05. The summed E-state index contributed by atoms with van der Waals surface area (Å²) in [6, 6.07) is 8.40. The standard InChI is InChI=1S/C17H23NO2/c1-13-5-2-6-14(11-13)17(8-4-9-17)16(20)18-10-3-7-15(18)12-19/h2,5-6,11,15,19H,3-4,7-10,12H2,1H3/t15-/m0/s1. The summed E-state index contributed by atoms with van der Waals surface area (Å²) in [5.41, 5.74) is 2.06. The van der Waals surface area contributed by atoms with E-state index < -0.39 is 0 Å². The van der Waals surface area contributed by atoms with E-state index in [9.17, 15) is 9.90 Å². The lowest BCUT2D eigenvalue weighted by Gasteiger charge is -2.44. The van der Waals surface area contributed by atoms with Crippen LogP contribution in [0.1, 0.15) is 43.2 Å². The molecule has 2 fully saturated rings. The van der Waals surface area contributed by atoms with E-state index >= 15 is 0 Å². The smallest absolute Gasteiger partial charge is 0.233 e. The van der Waals surface area contributed by atoms with Gasteiger partial charge in [-0.1, -0.05) is 36.2 Å². The second-order valence-electron chi connectivity index (χ2n) is 6.28. The van der Waals surface area contributed by atoms with Gasteiger partial charge in [-0.05, 0) is 38.2 Å². The van der Waals surface area contributed by atoms with Gasteiger partial charge < -0.3 is 10.0 Å². The molecule has 1 heterocycles. The minimum atomic E-state index is -0.316. The molecule has 3 heteroatoms. The van der Waals surface area contributed by atoms with Crippen molar-refractivity contribution in [3.63, 3.8) is 0 Å². The zero-order valence-corrected chi connectivity index (χ0v) is 12.1. The van der Waals surface area contributed by atoms with Gasteiger partial charge in [0.15, 0.2) is 0 Å². The summed E-state index contributed by atoms with van der Waals surface area (Å²) in [6.07, 6.45) is 4.97. The van der Waals surface area contributed by atoms with E-state index in [1.807, 2.05) is 11.0 Å². The molecule has 2 aliphatic rings. The first-order valence-electron chi connectivity index (χ1n) is 7.66. The summed E-state index contributed by atoms with van der Waals surface area (Å²) in [4.78, 5) is 15.0. The van der Waals surface area contributed by atoms with Gasteiger partial charge in [0.2, 0.25) is 5.91 Å². The van der Waals surface area contributed by atoms with E-state index in [-0.39, 0.29) is 24.0 Å². The molecule has 0 spiro atoms. The molecule has 1 saturated heterocycles. The summed E-state index contributed by atoms with van der Waals surface area (Å²) in [5, 5.41) is 9.46. The zero-order chi connectivity index (χ0) is 14.2. The fraction of sp³-hybridized carbons (Fsp3) is 0.588. The normalized spacial score (nSPS) is 24.5. The van der Waals surface area contributed by atoms with Crippen LogP contribution in [-0.2, 0) is 10.2 Å². The van der Waals surface area contributed by atoms with Crippen molar-refractivity contribution in [2.75, 3.05) is 13.2 Å². The number of rotatable bonds is 3. The van der Waals surface area contributed by atoms with Gasteiger partial charge in [0.05, 0.1) is 18.1 Å². The topological polar surface area (TPSA) is 40.5 Å². The molecule has 0 bridgehead atoms. The lowest BCUT2D eigenvalue weighted by atomic mass is 9.63. The molecule has 1 aromatic carbocycles. The maximum absolute atomic E-state index is 13.0. The van der Waals surface area contributed by atoms with Crippen LogP contribution < -0.4 is 0 Å². The molecule has 1 N–H and O–H groups in total. The first-order valence-corrected chi connectivity index (χ1v) is 7.66. The highest BCUT2D eigenvalue weighted by Gasteiger charge is 2.49. The van der Waals surface area contributed by atoms with Crippen LogP contribution in [0.5, 0.6) is 0 Å². The molecule has 20 heavy (non-hydrogen) atoms. The number of carbonyl (C=O) groups excluding carboxylic acids is 1. The summed E-state index contributed by atoms with van der Waals surface area (Å²) in [7, 11) is 0. The minimum Gasteiger partial charge on any atom is -0.394 e. The van der Waals surface area contributed by atoms with Gasteiger partial charge in [0.25, 0.3) is 0 Å². The Labute approximate surface area is 120 Å². The molecule has 0 unspecified atom stereocenters. The van der Waals surface area contributed by atoms with E-state index in [4.69, 9.17) is 0 Å². The van der Waals surface area contributed by atoms with E-state index in [1.165, 1.54) is 5.56 Å². The van der Waals surface area contributed by atoms with E-state index in [1.54, 1.807) is 0 Å². The SMILES string of the molecule is Cc1cccc(C2(C(=O)N3CCC[C@H]3CO)CCC2)c1. The van der Waals surface area contributed by atoms with Crippen molar-refractivity contribution in [3.05, 3.63) is 35.4 Å². The van der Waals surface area contributed by atoms with Gasteiger partial charge in [-0.3, -0.25) is 4.79 Å². The van der Waals surface area contributed by atoms with Crippen molar-refractivity contribution in [1.82, 2.24) is 4.90 Å². The van der Waals surface area contributed by atoms with Gasteiger partial charge in [-0.2, -0.15) is 0 Å². The monoisotopic (exact) mass is 273 g/mol. The van der Waals surface area contributed by atoms with Crippen LogP contribution in [0.15, 0.2) is 24.3 Å². The molecule has 1 aliphatic heterocycles. The van der Waals surface area contributed by atoms with Gasteiger partial charge >= 0.3 is 0 Å². The van der Waals surface area contributed by atoms with Crippen molar-refractivity contribution in [2.24, 2.45) is 0 Å². The Kier molecular flexibility index (Phi) is 3.55. The Bertz CT molecular complexity index is 507. The Morgan fingerprint density at radius 1 is 1.40 bits per heavy atom. The molecule has 1 atom stereocenters. The number of aryl methyl sites for hydroxylation is 1. The Hall–Kier alpha value is -1.35. The van der Waals surface area contributed by atoms with Crippen LogP contribution >= 0.6 is 0 Å². The third-order valence-electron chi connectivity index (χ3n) is 5.04. The average Bonchev–Trinajstić information content (AvgIpc) is 2.85. The number of nitrogens with zero attached hydrogens (tertiary/aromatic N) is 1. The number of carbonyl (C=O) groups is 1. The van der Waals surface area contributed by atoms with Gasteiger partial charge in [-0.15, -0.1) is 0 Å². The number of hydrogen-bond acceptors (Lipinski definition) is 2. The molecule has 3 nitrogen and oxygen atoms in total. The largest absolute Gasteiger partial charge is 0.394 e. The van der Waals surface area contributed by atoms with Crippen LogP contribution in [0.4, 0.5) is 0 Å². The predicted octanol–water partition coefficient (Wildman–Crippen LogP) is 2.40. The lowest BCUT2D eigenvalue weighted by Crippen LogP contribution is -2.53. The van der Waals surface area contributed by atoms with Crippen molar-refractivity contribution >= 4 is 5.91 Å². The number of likely N-dealkylation sites (tertiary alicyclic amines) is 1. The quantitative estimate of drug-likeness (QED) is 0.918. The van der Waals surface area contributed by atoms with Crippen LogP contribution in [0.25, 0.3) is 0 Å². The molecule has 1 aromatic rings. The molecule has 1 amide bonds. The minimum absolute atomic E-state index is 0.0322. The summed E-state index contributed by atoms with van der Waals surface area (Å²) < 4.78 is 0. The highest BCUT2D eigenvalue weighted by atomic mass is 16.3. The number of aliphatic hydroxyl groups excluding tert-OH is 1. The third-order valence-corrected chi connectivity index (χ3v) is 5.04. The molecule has 108 valence electrons. The van der Waals surface area contributed by atoms with E-state index in [2.05, 4.69) is 25.1 Å². The first kappa shape index (κ1) is 13.6. The van der Waals surface area contributed by atoms with E-state index in [0.29, 0.717) is 0 Å². The average molecular weight is 273 g/mol. The van der Waals surface area contributed by atoms with Crippen molar-refractivity contribution in [1.29, 1.82) is 0 Å². The molecule has 1 aliphatic carbocycles. The second-order valence-corrected chi connectivity index (χ2v) is 6.28. The maximum Gasteiger partial charge on any atom is 0.233 e. The van der Waals surface area contributed by atoms with Crippen molar-refractivity contribution < 1.29 is 9.90 Å². The fourth-order valence-electron chi connectivity index (χ4n) is 3.67. The Morgan fingerprint density at radius 2 is 2.20 bits per heavy atom. The van der Waals surface area contributed by atoms with Crippen molar-refractivity contribution in [2.45, 2.75) is 50.5 Å². The van der Waals surface area contributed by atoms with Crippen LogP contribution in [0.3, 0.4) is 0 Å². The molecule has 3 rings (SSSR count). The number of benzene rings is 1. The lowest BCUT2D eigenvalue weighted by molar-refractivity contribution is -0.142. The second kappa shape index (κ2) is 5.21. The zero-order valence-electron chi connectivity index (χ0n) is 12.1. The highest BCUT2D eigenvalue weighted by molar-refractivity contribution is 5.89. The molecule has 0 aromatic heterocycles. The summed E-state index contributed by atoms with van der Waals surface area (Å²) in [5.74, 6) is 0.242. The molecular formula is C17H23NO2. The molecule has 1 saturated carbocycles. The van der Waals surface area contributed by atoms with Crippen molar-refractivity contribution in [3.8, 4) is 0 Å². The van der Waals surface area contributed by atoms with Crippen LogP contribution in [0.2, 0.25) is 0 Å².